The minimum atomic E-state index is -0.209. The first kappa shape index (κ1) is 18.5. The van der Waals surface area contributed by atoms with Gasteiger partial charge in [-0.15, -0.1) is 0 Å². The number of hydrogen-bond donors (Lipinski definition) is 1. The molecular weight excluding hydrogens is 350 g/mol. The van der Waals surface area contributed by atoms with Crippen molar-refractivity contribution in [3.63, 3.8) is 0 Å². The molecule has 0 atom stereocenters. The van der Waals surface area contributed by atoms with E-state index in [1.165, 1.54) is 10.3 Å². The van der Waals surface area contributed by atoms with E-state index < -0.39 is 0 Å². The van der Waals surface area contributed by atoms with Crippen LogP contribution in [0.25, 0.3) is 0 Å². The highest BCUT2D eigenvalue weighted by molar-refractivity contribution is 6.34. The molecule has 1 heterocycles. The number of rotatable bonds is 5. The highest BCUT2D eigenvalue weighted by Gasteiger charge is 2.19. The predicted molar refractivity (Wildman–Crippen MR) is 103 cm³/mol. The molecule has 5 nitrogen and oxygen atoms in total. The van der Waals surface area contributed by atoms with Gasteiger partial charge in [-0.3, -0.25) is 9.48 Å². The number of carbonyl (C=O) groups excluding carboxylic acids is 1. The Morgan fingerprint density at radius 2 is 1.85 bits per heavy atom. The number of allylic oxidation sites excluding steroid dienone is 7. The van der Waals surface area contributed by atoms with E-state index in [1.807, 2.05) is 12.2 Å². The zero-order valence-electron chi connectivity index (χ0n) is 15.4. The Morgan fingerprint density at radius 1 is 1.15 bits per heavy atom. The van der Waals surface area contributed by atoms with Gasteiger partial charge in [0.05, 0.1) is 10.7 Å². The first-order valence-corrected chi connectivity index (χ1v) is 9.22. The Morgan fingerprint density at radius 3 is 2.38 bits per heavy atom. The molecule has 0 bridgehead atoms. The van der Waals surface area contributed by atoms with Gasteiger partial charge in [0.25, 0.3) is 5.91 Å². The molecule has 0 aromatic carbocycles. The lowest BCUT2D eigenvalue weighted by Gasteiger charge is -2.19. The van der Waals surface area contributed by atoms with Crippen LogP contribution < -0.4 is 5.32 Å². The molecule has 0 fully saturated rings. The predicted octanol–water partition coefficient (Wildman–Crippen LogP) is 4.36. The Hall–Kier alpha value is -2.27. The van der Waals surface area contributed by atoms with E-state index in [9.17, 15) is 4.79 Å². The van der Waals surface area contributed by atoms with Crippen molar-refractivity contribution in [2.75, 3.05) is 6.54 Å². The van der Waals surface area contributed by atoms with E-state index in [-0.39, 0.29) is 5.91 Å². The zero-order valence-corrected chi connectivity index (χ0v) is 16.2. The highest BCUT2D eigenvalue weighted by atomic mass is 35.5. The molecule has 0 aliphatic heterocycles. The van der Waals surface area contributed by atoms with Crippen LogP contribution in [0.2, 0.25) is 5.02 Å². The van der Waals surface area contributed by atoms with Crippen molar-refractivity contribution in [2.24, 2.45) is 7.05 Å². The summed E-state index contributed by atoms with van der Waals surface area (Å²) >= 11 is 6.16. The average Bonchev–Trinajstić information content (AvgIpc) is 2.88. The van der Waals surface area contributed by atoms with Crippen LogP contribution in [0, 0.1) is 6.92 Å². The molecule has 0 radical (unpaired) electrons. The van der Waals surface area contributed by atoms with Crippen LogP contribution in [0.3, 0.4) is 0 Å². The fraction of sp³-hybridized carbons (Fsp3) is 0.400. The molecule has 0 unspecified atom stereocenters. The second-order valence-electron chi connectivity index (χ2n) is 6.76. The highest BCUT2D eigenvalue weighted by Crippen LogP contribution is 2.26. The molecule has 1 amide bonds. The van der Waals surface area contributed by atoms with E-state index in [0.29, 0.717) is 23.0 Å². The zero-order chi connectivity index (χ0) is 18.7. The van der Waals surface area contributed by atoms with Crippen molar-refractivity contribution in [2.45, 2.75) is 39.5 Å². The molecule has 2 aliphatic carbocycles. The van der Waals surface area contributed by atoms with Gasteiger partial charge in [-0.2, -0.15) is 5.10 Å². The Bertz CT molecular complexity index is 843. The van der Waals surface area contributed by atoms with Crippen LogP contribution in [0.4, 0.5) is 0 Å². The first-order chi connectivity index (χ1) is 12.4. The summed E-state index contributed by atoms with van der Waals surface area (Å²) in [5, 5.41) is 7.50. The van der Waals surface area contributed by atoms with Gasteiger partial charge in [-0.25, -0.2) is 0 Å². The second kappa shape index (κ2) is 7.96. The van der Waals surface area contributed by atoms with Crippen molar-refractivity contribution in [3.05, 3.63) is 63.4 Å². The Kier molecular flexibility index (Phi) is 5.67. The van der Waals surface area contributed by atoms with Crippen LogP contribution >= 0.6 is 11.6 Å². The van der Waals surface area contributed by atoms with Gasteiger partial charge in [0, 0.05) is 26.4 Å². The van der Waals surface area contributed by atoms with E-state index in [4.69, 9.17) is 16.3 Å². The summed E-state index contributed by atoms with van der Waals surface area (Å²) in [6, 6.07) is 0. The molecule has 0 saturated carbocycles. The van der Waals surface area contributed by atoms with Crippen molar-refractivity contribution in [3.8, 4) is 0 Å². The number of carbonyl (C=O) groups is 1. The van der Waals surface area contributed by atoms with Crippen LogP contribution in [-0.2, 0) is 11.8 Å². The van der Waals surface area contributed by atoms with E-state index in [1.54, 1.807) is 14.0 Å². The minimum absolute atomic E-state index is 0.209. The molecule has 2 aliphatic rings. The maximum atomic E-state index is 12.4. The number of hydrogen-bond acceptors (Lipinski definition) is 3. The van der Waals surface area contributed by atoms with Gasteiger partial charge in [0.1, 0.15) is 17.2 Å². The number of ether oxygens (including phenoxy) is 1. The maximum absolute atomic E-state index is 12.4. The molecule has 138 valence electrons. The molecule has 0 saturated heterocycles. The van der Waals surface area contributed by atoms with Gasteiger partial charge in [0.15, 0.2) is 0 Å². The van der Waals surface area contributed by atoms with Gasteiger partial charge >= 0.3 is 0 Å². The summed E-state index contributed by atoms with van der Waals surface area (Å²) in [4.78, 5) is 12.4. The largest absolute Gasteiger partial charge is 0.466 e. The van der Waals surface area contributed by atoms with E-state index >= 15 is 0 Å². The number of halogens is 1. The Labute approximate surface area is 159 Å². The van der Waals surface area contributed by atoms with Crippen LogP contribution in [0.15, 0.2) is 47.0 Å². The van der Waals surface area contributed by atoms with Gasteiger partial charge in [-0.1, -0.05) is 34.9 Å². The monoisotopic (exact) mass is 373 g/mol. The van der Waals surface area contributed by atoms with Crippen molar-refractivity contribution >= 4 is 17.5 Å². The van der Waals surface area contributed by atoms with Gasteiger partial charge in [-0.05, 0) is 38.8 Å². The fourth-order valence-electron chi connectivity index (χ4n) is 3.03. The first-order valence-electron chi connectivity index (χ1n) is 8.84. The fourth-order valence-corrected chi connectivity index (χ4v) is 3.27. The number of aromatic nitrogens is 2. The average molecular weight is 374 g/mol. The quantitative estimate of drug-likeness (QED) is 0.834. The van der Waals surface area contributed by atoms with E-state index in [2.05, 4.69) is 29.5 Å². The maximum Gasteiger partial charge on any atom is 0.271 e. The third-order valence-electron chi connectivity index (χ3n) is 4.62. The van der Waals surface area contributed by atoms with Crippen molar-refractivity contribution in [1.82, 2.24) is 15.1 Å². The second-order valence-corrected chi connectivity index (χ2v) is 7.14. The minimum Gasteiger partial charge on any atom is -0.466 e. The summed E-state index contributed by atoms with van der Waals surface area (Å²) in [5.74, 6) is 1.79. The molecular formula is C20H24ClN3O2. The van der Waals surface area contributed by atoms with Crippen molar-refractivity contribution in [1.29, 1.82) is 0 Å². The van der Waals surface area contributed by atoms with Gasteiger partial charge < -0.3 is 10.1 Å². The smallest absolute Gasteiger partial charge is 0.271 e. The lowest BCUT2D eigenvalue weighted by atomic mass is 10.0. The molecule has 3 rings (SSSR count). The third kappa shape index (κ3) is 4.28. The topological polar surface area (TPSA) is 56.1 Å². The molecule has 1 aromatic heterocycles. The van der Waals surface area contributed by atoms with Crippen LogP contribution in [0.5, 0.6) is 0 Å². The van der Waals surface area contributed by atoms with Crippen molar-refractivity contribution < 1.29 is 9.53 Å². The third-order valence-corrected chi connectivity index (χ3v) is 5.07. The lowest BCUT2D eigenvalue weighted by Crippen LogP contribution is -2.28. The SMILES string of the molecule is CC1=CC=C(OC2=CC=C(CNC(=O)c3c(Cl)c(C)nn3C)CC2)CC1. The number of nitrogens with zero attached hydrogens (tertiary/aromatic N) is 2. The molecule has 1 N–H and O–H groups in total. The van der Waals surface area contributed by atoms with E-state index in [0.717, 1.165) is 42.8 Å². The molecule has 26 heavy (non-hydrogen) atoms. The van der Waals surface area contributed by atoms with Crippen LogP contribution in [0.1, 0.15) is 48.8 Å². The number of aryl methyl sites for hydroxylation is 2. The lowest BCUT2D eigenvalue weighted by molar-refractivity contribution is 0.0947. The summed E-state index contributed by atoms with van der Waals surface area (Å²) in [6.45, 7) is 4.41. The van der Waals surface area contributed by atoms with Gasteiger partial charge in [0.2, 0.25) is 0 Å². The molecule has 6 heteroatoms. The Balaban J connectivity index is 1.56. The molecule has 1 aromatic rings. The normalized spacial score (nSPS) is 17.1. The van der Waals surface area contributed by atoms with Crippen LogP contribution in [-0.4, -0.2) is 22.2 Å². The molecule has 0 spiro atoms. The summed E-state index contributed by atoms with van der Waals surface area (Å²) < 4.78 is 7.49. The summed E-state index contributed by atoms with van der Waals surface area (Å²) in [5.41, 5.74) is 3.60. The summed E-state index contributed by atoms with van der Waals surface area (Å²) in [7, 11) is 1.72. The summed E-state index contributed by atoms with van der Waals surface area (Å²) in [6.07, 6.45) is 11.9. The number of amides is 1. The standard InChI is InChI=1S/C20H24ClN3O2/c1-13-4-8-16(9-5-13)26-17-10-6-15(7-11-17)12-22-20(25)19-18(21)14(2)23-24(19)3/h4,6,8,10H,5,7,9,11-12H2,1-3H3,(H,22,25). The number of nitrogens with one attached hydrogen (secondary N) is 1.